The maximum atomic E-state index is 12.8. The summed E-state index contributed by atoms with van der Waals surface area (Å²) in [6.07, 6.45) is 1.69. The van der Waals surface area contributed by atoms with Crippen LogP contribution in [-0.2, 0) is 11.4 Å². The molecule has 3 aromatic carbocycles. The first-order chi connectivity index (χ1) is 16.7. The Hall–Kier alpha value is -2.53. The third-order valence-corrected chi connectivity index (χ3v) is 7.30. The fourth-order valence-electron chi connectivity index (χ4n) is 3.13. The van der Waals surface area contributed by atoms with Crippen LogP contribution >= 0.6 is 57.6 Å². The van der Waals surface area contributed by atoms with E-state index in [1.807, 2.05) is 24.3 Å². The van der Waals surface area contributed by atoms with Crippen LogP contribution in [0, 0.1) is 3.57 Å². The minimum atomic E-state index is -1.01. The van der Waals surface area contributed by atoms with Gasteiger partial charge in [0, 0.05) is 10.6 Å². The monoisotopic (exact) mass is 638 g/mol. The van der Waals surface area contributed by atoms with Crippen molar-refractivity contribution in [2.24, 2.45) is 4.99 Å². The third kappa shape index (κ3) is 6.19. The van der Waals surface area contributed by atoms with Crippen LogP contribution < -0.4 is 4.74 Å². The molecule has 0 unspecified atom stereocenters. The number of carbonyl (C=O) groups is 2. The summed E-state index contributed by atoms with van der Waals surface area (Å²) >= 11 is 16.3. The van der Waals surface area contributed by atoms with Crippen molar-refractivity contribution in [1.82, 2.24) is 4.90 Å². The Bertz CT molecular complexity index is 1340. The van der Waals surface area contributed by atoms with E-state index in [2.05, 4.69) is 27.6 Å². The average molecular weight is 639 g/mol. The first-order valence-electron chi connectivity index (χ1n) is 10.2. The number of amidine groups is 1. The third-order valence-electron chi connectivity index (χ3n) is 4.96. The van der Waals surface area contributed by atoms with Gasteiger partial charge in [0.15, 0.2) is 10.9 Å². The Morgan fingerprint density at radius 1 is 1.11 bits per heavy atom. The fraction of sp³-hybridized carbons (Fsp3) is 0.0800. The van der Waals surface area contributed by atoms with Crippen LogP contribution in [0.25, 0.3) is 6.08 Å². The van der Waals surface area contributed by atoms with E-state index in [9.17, 15) is 9.59 Å². The van der Waals surface area contributed by atoms with Gasteiger partial charge in [0.05, 0.1) is 26.2 Å². The summed E-state index contributed by atoms with van der Waals surface area (Å²) in [6, 6.07) is 17.4. The van der Waals surface area contributed by atoms with E-state index in [-0.39, 0.29) is 11.5 Å². The first-order valence-corrected chi connectivity index (χ1v) is 12.8. The second kappa shape index (κ2) is 11.0. The van der Waals surface area contributed by atoms with Crippen LogP contribution in [-0.4, -0.2) is 34.1 Å². The molecule has 3 aromatic rings. The molecule has 4 rings (SSSR count). The van der Waals surface area contributed by atoms with Crippen LogP contribution in [0.15, 0.2) is 70.6 Å². The maximum Gasteiger partial charge on any atom is 0.335 e. The van der Waals surface area contributed by atoms with E-state index in [1.54, 1.807) is 37.4 Å². The quantitative estimate of drug-likeness (QED) is 0.230. The molecule has 1 fully saturated rings. The minimum absolute atomic E-state index is 0.165. The smallest absolute Gasteiger partial charge is 0.335 e. The zero-order valence-corrected chi connectivity index (χ0v) is 22.7. The molecule has 1 amide bonds. The number of thioether (sulfide) groups is 1. The summed E-state index contributed by atoms with van der Waals surface area (Å²) in [5.41, 5.74) is 2.35. The molecule has 6 nitrogen and oxygen atoms in total. The van der Waals surface area contributed by atoms with E-state index in [0.717, 1.165) is 9.13 Å². The van der Waals surface area contributed by atoms with Gasteiger partial charge in [-0.05, 0) is 100 Å². The standard InChI is InChI=1S/C25H17Cl2IN2O4S/c1-30-23(31)21(35-25(30)29-18-8-4-16(5-9-18)24(32)33)12-15-10-19(26)22(20(27)11-15)34-13-14-2-6-17(28)7-3-14/h2-12H,13H2,1H3,(H,32,33). The number of rotatable bonds is 6. The highest BCUT2D eigenvalue weighted by atomic mass is 127. The Balaban J connectivity index is 1.52. The molecule has 1 saturated heterocycles. The van der Waals surface area contributed by atoms with Crippen molar-refractivity contribution < 1.29 is 19.4 Å². The largest absolute Gasteiger partial charge is 0.486 e. The number of halogens is 3. The zero-order chi connectivity index (χ0) is 25.1. The van der Waals surface area contributed by atoms with Crippen molar-refractivity contribution >= 4 is 86.4 Å². The predicted octanol–water partition coefficient (Wildman–Crippen LogP) is 7.11. The molecule has 178 valence electrons. The lowest BCUT2D eigenvalue weighted by Gasteiger charge is -2.11. The molecule has 0 saturated carbocycles. The topological polar surface area (TPSA) is 79.2 Å². The summed E-state index contributed by atoms with van der Waals surface area (Å²) in [7, 11) is 1.63. The Kier molecular flexibility index (Phi) is 8.05. The van der Waals surface area contributed by atoms with Gasteiger partial charge in [-0.15, -0.1) is 0 Å². The van der Waals surface area contributed by atoms with Gasteiger partial charge in [-0.2, -0.15) is 0 Å². The number of benzene rings is 3. The van der Waals surface area contributed by atoms with E-state index in [0.29, 0.717) is 43.7 Å². The highest BCUT2D eigenvalue weighted by Crippen LogP contribution is 2.38. The number of amides is 1. The second-order valence-corrected chi connectivity index (χ2v) is 10.5. The molecule has 35 heavy (non-hydrogen) atoms. The molecule has 1 heterocycles. The molecule has 1 aliphatic heterocycles. The minimum Gasteiger partial charge on any atom is -0.486 e. The van der Waals surface area contributed by atoms with Crippen molar-refractivity contribution in [3.05, 3.63) is 95.9 Å². The van der Waals surface area contributed by atoms with Crippen molar-refractivity contribution in [1.29, 1.82) is 0 Å². The molecule has 0 atom stereocenters. The van der Waals surface area contributed by atoms with Crippen LogP contribution in [0.1, 0.15) is 21.5 Å². The molecule has 0 aromatic heterocycles. The molecule has 1 N–H and O–H groups in total. The summed E-state index contributed by atoms with van der Waals surface area (Å²) in [5.74, 6) is -0.855. The van der Waals surface area contributed by atoms with Gasteiger partial charge in [0.1, 0.15) is 6.61 Å². The molecule has 1 aliphatic rings. The lowest BCUT2D eigenvalue weighted by Crippen LogP contribution is -2.23. The van der Waals surface area contributed by atoms with Crippen LogP contribution in [0.2, 0.25) is 10.0 Å². The molecule has 0 radical (unpaired) electrons. The lowest BCUT2D eigenvalue weighted by molar-refractivity contribution is -0.121. The number of carboxylic acids is 1. The van der Waals surface area contributed by atoms with Crippen LogP contribution in [0.4, 0.5) is 5.69 Å². The van der Waals surface area contributed by atoms with E-state index < -0.39 is 5.97 Å². The Morgan fingerprint density at radius 2 is 1.74 bits per heavy atom. The Labute approximate surface area is 229 Å². The number of aromatic carboxylic acids is 1. The van der Waals surface area contributed by atoms with E-state index >= 15 is 0 Å². The van der Waals surface area contributed by atoms with E-state index in [4.69, 9.17) is 33.0 Å². The first kappa shape index (κ1) is 25.6. The van der Waals surface area contributed by atoms with Crippen LogP contribution in [0.5, 0.6) is 5.75 Å². The lowest BCUT2D eigenvalue weighted by atomic mass is 10.2. The summed E-state index contributed by atoms with van der Waals surface area (Å²) in [5, 5.41) is 10.2. The van der Waals surface area contributed by atoms with Crippen molar-refractivity contribution in [2.75, 3.05) is 7.05 Å². The zero-order valence-electron chi connectivity index (χ0n) is 18.2. The van der Waals surface area contributed by atoms with Gasteiger partial charge in [-0.1, -0.05) is 35.3 Å². The van der Waals surface area contributed by atoms with Gasteiger partial charge in [0.25, 0.3) is 5.91 Å². The van der Waals surface area contributed by atoms with Gasteiger partial charge < -0.3 is 9.84 Å². The van der Waals surface area contributed by atoms with Crippen LogP contribution in [0.3, 0.4) is 0 Å². The second-order valence-electron chi connectivity index (χ2n) is 7.45. The van der Waals surface area contributed by atoms with E-state index in [1.165, 1.54) is 28.8 Å². The number of hydrogen-bond donors (Lipinski definition) is 1. The van der Waals surface area contributed by atoms with Gasteiger partial charge in [-0.3, -0.25) is 9.69 Å². The average Bonchev–Trinajstić information content (AvgIpc) is 3.07. The molecule has 10 heteroatoms. The van der Waals surface area contributed by atoms with Gasteiger partial charge in [0.2, 0.25) is 0 Å². The molecular formula is C25H17Cl2IN2O4S. The molecule has 0 aliphatic carbocycles. The molecule has 0 bridgehead atoms. The Morgan fingerprint density at radius 3 is 2.34 bits per heavy atom. The van der Waals surface area contributed by atoms with Gasteiger partial charge >= 0.3 is 5.97 Å². The van der Waals surface area contributed by atoms with Gasteiger partial charge in [-0.25, -0.2) is 9.79 Å². The highest BCUT2D eigenvalue weighted by molar-refractivity contribution is 14.1. The number of carbonyl (C=O) groups excluding carboxylic acids is 1. The highest BCUT2D eigenvalue weighted by Gasteiger charge is 2.30. The summed E-state index contributed by atoms with van der Waals surface area (Å²) in [4.78, 5) is 30.1. The number of aliphatic imine (C=N–C) groups is 1. The normalized spacial score (nSPS) is 15.8. The number of nitrogens with zero attached hydrogens (tertiary/aromatic N) is 2. The molecular weight excluding hydrogens is 622 g/mol. The van der Waals surface area contributed by atoms with Crippen molar-refractivity contribution in [3.8, 4) is 5.75 Å². The van der Waals surface area contributed by atoms with Crippen molar-refractivity contribution in [2.45, 2.75) is 6.61 Å². The summed E-state index contributed by atoms with van der Waals surface area (Å²) in [6.45, 7) is 0.323. The maximum absolute atomic E-state index is 12.8. The number of hydrogen-bond acceptors (Lipinski definition) is 5. The summed E-state index contributed by atoms with van der Waals surface area (Å²) < 4.78 is 6.97. The van der Waals surface area contributed by atoms with Crippen molar-refractivity contribution in [3.63, 3.8) is 0 Å². The number of ether oxygens (including phenoxy) is 1. The SMILES string of the molecule is CN1C(=O)C(=Cc2cc(Cl)c(OCc3ccc(I)cc3)c(Cl)c2)SC1=Nc1ccc(C(=O)O)cc1. The fourth-order valence-corrected chi connectivity index (χ4v) is 5.09. The number of carboxylic acid groups (broad SMARTS) is 1. The molecule has 0 spiro atoms. The predicted molar refractivity (Wildman–Crippen MR) is 149 cm³/mol. The number of likely N-dealkylation sites (N-methyl/N-ethyl adjacent to an activating group) is 1.